The lowest BCUT2D eigenvalue weighted by molar-refractivity contribution is 0.102. The van der Waals surface area contributed by atoms with Gasteiger partial charge in [-0.2, -0.15) is 5.10 Å². The summed E-state index contributed by atoms with van der Waals surface area (Å²) in [6.07, 6.45) is 4.37. The molecule has 0 fully saturated rings. The molecule has 33 heavy (non-hydrogen) atoms. The first-order valence-corrected chi connectivity index (χ1v) is 11.5. The molecule has 6 aromatic rings. The van der Waals surface area contributed by atoms with Gasteiger partial charge >= 0.3 is 0 Å². The van der Waals surface area contributed by atoms with Crippen molar-refractivity contribution in [2.75, 3.05) is 5.32 Å². The summed E-state index contributed by atoms with van der Waals surface area (Å²) in [6.45, 7) is 0. The molecule has 0 aliphatic rings. The number of hydrogen-bond acceptors (Lipinski definition) is 4. The zero-order chi connectivity index (χ0) is 22.2. The molecule has 0 unspecified atom stereocenters. The first kappa shape index (κ1) is 19.5. The molecule has 0 bridgehead atoms. The lowest BCUT2D eigenvalue weighted by Gasteiger charge is -2.10. The van der Waals surface area contributed by atoms with Crippen LogP contribution in [0.25, 0.3) is 32.9 Å². The maximum atomic E-state index is 13.1. The van der Waals surface area contributed by atoms with E-state index in [-0.39, 0.29) is 5.91 Å². The van der Waals surface area contributed by atoms with Crippen molar-refractivity contribution in [3.05, 3.63) is 101 Å². The highest BCUT2D eigenvalue weighted by molar-refractivity contribution is 7.09. The fourth-order valence-corrected chi connectivity index (χ4v) is 4.91. The van der Waals surface area contributed by atoms with E-state index in [1.165, 1.54) is 16.9 Å². The Balaban J connectivity index is 1.32. The third-order valence-electron chi connectivity index (χ3n) is 5.70. The molecule has 0 aliphatic carbocycles. The van der Waals surface area contributed by atoms with Crippen LogP contribution in [0.4, 0.5) is 5.69 Å². The molecule has 3 aromatic carbocycles. The van der Waals surface area contributed by atoms with Gasteiger partial charge in [-0.15, -0.1) is 11.3 Å². The number of anilines is 1. The first-order valence-electron chi connectivity index (χ1n) is 10.6. The zero-order valence-corrected chi connectivity index (χ0v) is 18.3. The quantitative estimate of drug-likeness (QED) is 0.301. The standard InChI is InChI=1S/C26H19N5OS/c32-26(24-15-33-25(29-24)11-16-5-2-1-3-6-16)30-22-12-17(13-23-20(22)14-28-31-23)18-7-4-8-21-19(18)9-10-27-21/h1-10,12-15,27H,11H2,(H,28,31)(H,30,32). The molecule has 0 aliphatic heterocycles. The van der Waals surface area contributed by atoms with Crippen molar-refractivity contribution in [1.29, 1.82) is 0 Å². The Hall–Kier alpha value is -4.23. The monoisotopic (exact) mass is 449 g/mol. The van der Waals surface area contributed by atoms with Crippen LogP contribution in [0.2, 0.25) is 0 Å². The van der Waals surface area contributed by atoms with Crippen molar-refractivity contribution in [3.8, 4) is 11.1 Å². The summed E-state index contributed by atoms with van der Waals surface area (Å²) >= 11 is 1.50. The van der Waals surface area contributed by atoms with Crippen LogP contribution in [-0.4, -0.2) is 26.1 Å². The van der Waals surface area contributed by atoms with E-state index in [0.717, 1.165) is 37.9 Å². The zero-order valence-electron chi connectivity index (χ0n) is 17.5. The molecule has 160 valence electrons. The van der Waals surface area contributed by atoms with Crippen molar-refractivity contribution < 1.29 is 4.79 Å². The first-order chi connectivity index (χ1) is 16.2. The number of aromatic nitrogens is 4. The highest BCUT2D eigenvalue weighted by Gasteiger charge is 2.16. The summed E-state index contributed by atoms with van der Waals surface area (Å²) < 4.78 is 0. The minimum Gasteiger partial charge on any atom is -0.361 e. The number of thiazole rings is 1. The second-order valence-electron chi connectivity index (χ2n) is 7.84. The SMILES string of the molecule is O=C(Nc1cc(-c2cccc3[nH]ccc23)cc2[nH]ncc12)c1csc(Cc2ccccc2)n1. The Bertz CT molecular complexity index is 1600. The van der Waals surface area contributed by atoms with Crippen LogP contribution in [-0.2, 0) is 6.42 Å². The molecule has 0 saturated heterocycles. The summed E-state index contributed by atoms with van der Waals surface area (Å²) in [4.78, 5) is 20.9. The van der Waals surface area contributed by atoms with E-state index >= 15 is 0 Å². The summed E-state index contributed by atoms with van der Waals surface area (Å²) in [5.41, 5.74) is 6.29. The van der Waals surface area contributed by atoms with Crippen molar-refractivity contribution in [3.63, 3.8) is 0 Å². The lowest BCUT2D eigenvalue weighted by atomic mass is 9.99. The van der Waals surface area contributed by atoms with Crippen LogP contribution in [0.3, 0.4) is 0 Å². The normalized spacial score (nSPS) is 11.3. The average molecular weight is 450 g/mol. The minimum absolute atomic E-state index is 0.231. The Morgan fingerprint density at radius 3 is 2.79 bits per heavy atom. The highest BCUT2D eigenvalue weighted by atomic mass is 32.1. The Labute approximate surface area is 193 Å². The van der Waals surface area contributed by atoms with Crippen LogP contribution in [0.1, 0.15) is 21.1 Å². The fraction of sp³-hybridized carbons (Fsp3) is 0.0385. The second-order valence-corrected chi connectivity index (χ2v) is 8.79. The molecular formula is C26H19N5OS. The molecule has 1 amide bonds. The minimum atomic E-state index is -0.231. The highest BCUT2D eigenvalue weighted by Crippen LogP contribution is 2.34. The van der Waals surface area contributed by atoms with Gasteiger partial charge in [0.05, 0.1) is 22.4 Å². The number of nitrogens with zero attached hydrogens (tertiary/aromatic N) is 2. The summed E-state index contributed by atoms with van der Waals surface area (Å²) in [6, 6.07) is 22.4. The molecule has 6 nitrogen and oxygen atoms in total. The lowest BCUT2D eigenvalue weighted by Crippen LogP contribution is -2.12. The van der Waals surface area contributed by atoms with Crippen molar-refractivity contribution in [2.45, 2.75) is 6.42 Å². The number of nitrogens with one attached hydrogen (secondary N) is 3. The maximum absolute atomic E-state index is 13.1. The Morgan fingerprint density at radius 2 is 1.88 bits per heavy atom. The fourth-order valence-electron chi connectivity index (χ4n) is 4.10. The summed E-state index contributed by atoms with van der Waals surface area (Å²) in [5.74, 6) is -0.231. The number of hydrogen-bond donors (Lipinski definition) is 3. The number of H-pyrrole nitrogens is 2. The largest absolute Gasteiger partial charge is 0.361 e. The smallest absolute Gasteiger partial charge is 0.275 e. The number of amides is 1. The van der Waals surface area contributed by atoms with Gasteiger partial charge in [0.25, 0.3) is 5.91 Å². The summed E-state index contributed by atoms with van der Waals surface area (Å²) in [7, 11) is 0. The average Bonchev–Trinajstić information content (AvgIpc) is 3.60. The van der Waals surface area contributed by atoms with Crippen LogP contribution >= 0.6 is 11.3 Å². The van der Waals surface area contributed by atoms with E-state index in [2.05, 4.69) is 55.8 Å². The van der Waals surface area contributed by atoms with Crippen molar-refractivity contribution in [2.24, 2.45) is 0 Å². The molecule has 0 radical (unpaired) electrons. The molecule has 3 N–H and O–H groups in total. The number of fused-ring (bicyclic) bond motifs is 2. The number of rotatable bonds is 5. The van der Waals surface area contributed by atoms with Crippen LogP contribution < -0.4 is 5.32 Å². The maximum Gasteiger partial charge on any atom is 0.275 e. The van der Waals surface area contributed by atoms with Crippen LogP contribution in [0.15, 0.2) is 84.5 Å². The van der Waals surface area contributed by atoms with Gasteiger partial charge in [-0.25, -0.2) is 4.98 Å². The molecule has 3 heterocycles. The van der Waals surface area contributed by atoms with Gasteiger partial charge in [0.15, 0.2) is 0 Å². The van der Waals surface area contributed by atoms with E-state index in [9.17, 15) is 4.79 Å². The molecule has 6 rings (SSSR count). The van der Waals surface area contributed by atoms with Crippen LogP contribution in [0, 0.1) is 0 Å². The molecule has 0 atom stereocenters. The second kappa shape index (κ2) is 8.03. The number of carbonyl (C=O) groups excluding carboxylic acids is 1. The third-order valence-corrected chi connectivity index (χ3v) is 6.54. The van der Waals surface area contributed by atoms with Gasteiger partial charge in [-0.1, -0.05) is 42.5 Å². The van der Waals surface area contributed by atoms with E-state index in [4.69, 9.17) is 0 Å². The number of aromatic amines is 2. The predicted molar refractivity (Wildman–Crippen MR) is 133 cm³/mol. The molecule has 0 saturated carbocycles. The molecular weight excluding hydrogens is 430 g/mol. The van der Waals surface area contributed by atoms with E-state index in [1.54, 1.807) is 6.20 Å². The topological polar surface area (TPSA) is 86.5 Å². The van der Waals surface area contributed by atoms with Gasteiger partial charge in [0.2, 0.25) is 0 Å². The molecule has 0 spiro atoms. The Kier molecular flexibility index (Phi) is 4.74. The van der Waals surface area contributed by atoms with Crippen molar-refractivity contribution in [1.82, 2.24) is 20.2 Å². The number of benzene rings is 3. The van der Waals surface area contributed by atoms with E-state index in [0.29, 0.717) is 17.8 Å². The van der Waals surface area contributed by atoms with Gasteiger partial charge in [-0.05, 0) is 41.0 Å². The van der Waals surface area contributed by atoms with E-state index < -0.39 is 0 Å². The third kappa shape index (κ3) is 3.68. The van der Waals surface area contributed by atoms with Gasteiger partial charge in [-0.3, -0.25) is 9.89 Å². The number of carbonyl (C=O) groups is 1. The molecule has 3 aromatic heterocycles. The van der Waals surface area contributed by atoms with Crippen LogP contribution in [0.5, 0.6) is 0 Å². The van der Waals surface area contributed by atoms with Gasteiger partial charge < -0.3 is 10.3 Å². The van der Waals surface area contributed by atoms with Gasteiger partial charge in [0.1, 0.15) is 5.69 Å². The van der Waals surface area contributed by atoms with Gasteiger partial charge in [0, 0.05) is 34.3 Å². The van der Waals surface area contributed by atoms with E-state index in [1.807, 2.05) is 48.0 Å². The predicted octanol–water partition coefficient (Wildman–Crippen LogP) is 6.01. The van der Waals surface area contributed by atoms with Crippen molar-refractivity contribution >= 4 is 44.7 Å². The molecule has 7 heteroatoms. The summed E-state index contributed by atoms with van der Waals surface area (Å²) in [5, 5.41) is 15.0. The Morgan fingerprint density at radius 1 is 0.970 bits per heavy atom.